The van der Waals surface area contributed by atoms with Crippen molar-refractivity contribution in [2.75, 3.05) is 0 Å². The molecule has 2 N–H and O–H groups in total. The molecule has 1 fully saturated rings. The van der Waals surface area contributed by atoms with Crippen LogP contribution >= 0.6 is 15.9 Å². The van der Waals surface area contributed by atoms with Crippen molar-refractivity contribution in [1.82, 2.24) is 0 Å². The highest BCUT2D eigenvalue weighted by atomic mass is 79.9. The SMILES string of the molecule is Cc1c(COC=O)cc(Br)c2c1OC(C)(C1CCC(N)CC1)O2. The predicted molar refractivity (Wildman–Crippen MR) is 89.3 cm³/mol. The van der Waals surface area contributed by atoms with Gasteiger partial charge in [0.25, 0.3) is 12.3 Å². The molecule has 1 aliphatic heterocycles. The van der Waals surface area contributed by atoms with Crippen molar-refractivity contribution < 1.29 is 19.0 Å². The Morgan fingerprint density at radius 2 is 2.00 bits per heavy atom. The lowest BCUT2D eigenvalue weighted by Gasteiger charge is -2.36. The number of ether oxygens (including phenoxy) is 3. The van der Waals surface area contributed by atoms with Crippen molar-refractivity contribution >= 4 is 22.4 Å². The monoisotopic (exact) mass is 383 g/mol. The Morgan fingerprint density at radius 3 is 2.65 bits per heavy atom. The van der Waals surface area contributed by atoms with E-state index in [9.17, 15) is 4.79 Å². The highest BCUT2D eigenvalue weighted by Gasteiger charge is 2.46. The molecular weight excluding hydrogens is 362 g/mol. The van der Waals surface area contributed by atoms with E-state index in [4.69, 9.17) is 19.9 Å². The molecule has 1 atom stereocenters. The molecular formula is C17H22BrNO4. The molecule has 126 valence electrons. The zero-order valence-corrected chi connectivity index (χ0v) is 15.0. The van der Waals surface area contributed by atoms with Crippen LogP contribution in [0.4, 0.5) is 0 Å². The lowest BCUT2D eigenvalue weighted by Crippen LogP contribution is -2.46. The lowest BCUT2D eigenvalue weighted by atomic mass is 9.81. The first-order chi connectivity index (χ1) is 10.9. The smallest absolute Gasteiger partial charge is 0.293 e. The number of rotatable bonds is 4. The molecule has 1 heterocycles. The first-order valence-electron chi connectivity index (χ1n) is 7.95. The fourth-order valence-electron chi connectivity index (χ4n) is 3.48. The molecule has 0 saturated heterocycles. The molecule has 6 heteroatoms. The van der Waals surface area contributed by atoms with Crippen molar-refractivity contribution in [3.8, 4) is 11.5 Å². The van der Waals surface area contributed by atoms with Crippen molar-refractivity contribution in [3.05, 3.63) is 21.7 Å². The second-order valence-electron chi connectivity index (χ2n) is 6.54. The Labute approximate surface area is 144 Å². The van der Waals surface area contributed by atoms with Crippen molar-refractivity contribution in [1.29, 1.82) is 0 Å². The molecule has 1 aromatic carbocycles. The van der Waals surface area contributed by atoms with E-state index < -0.39 is 5.79 Å². The maximum atomic E-state index is 10.4. The summed E-state index contributed by atoms with van der Waals surface area (Å²) in [6.07, 6.45) is 4.01. The molecule has 0 spiro atoms. The molecule has 23 heavy (non-hydrogen) atoms. The van der Waals surface area contributed by atoms with E-state index in [0.29, 0.717) is 18.4 Å². The van der Waals surface area contributed by atoms with Gasteiger partial charge in [-0.15, -0.1) is 0 Å². The average Bonchev–Trinajstić information content (AvgIpc) is 2.90. The summed E-state index contributed by atoms with van der Waals surface area (Å²) in [5.74, 6) is 1.12. The molecule has 3 rings (SSSR count). The maximum absolute atomic E-state index is 10.4. The summed E-state index contributed by atoms with van der Waals surface area (Å²) in [4.78, 5) is 10.4. The van der Waals surface area contributed by atoms with Gasteiger partial charge in [-0.05, 0) is 60.2 Å². The molecule has 1 saturated carbocycles. The van der Waals surface area contributed by atoms with Crippen LogP contribution in [0.15, 0.2) is 10.5 Å². The van der Waals surface area contributed by atoms with Crippen LogP contribution in [0.3, 0.4) is 0 Å². The van der Waals surface area contributed by atoms with E-state index >= 15 is 0 Å². The molecule has 0 bridgehead atoms. The summed E-state index contributed by atoms with van der Waals surface area (Å²) >= 11 is 3.54. The second-order valence-corrected chi connectivity index (χ2v) is 7.39. The van der Waals surface area contributed by atoms with Crippen LogP contribution in [0.1, 0.15) is 43.7 Å². The van der Waals surface area contributed by atoms with E-state index in [1.165, 1.54) is 0 Å². The van der Waals surface area contributed by atoms with E-state index in [0.717, 1.165) is 52.8 Å². The van der Waals surface area contributed by atoms with Gasteiger partial charge in [0.2, 0.25) is 0 Å². The number of carbonyl (C=O) groups excluding carboxylic acids is 1. The van der Waals surface area contributed by atoms with E-state index in [1.807, 2.05) is 19.9 Å². The van der Waals surface area contributed by atoms with Gasteiger partial charge in [0.15, 0.2) is 11.5 Å². The van der Waals surface area contributed by atoms with Gasteiger partial charge < -0.3 is 19.9 Å². The first-order valence-corrected chi connectivity index (χ1v) is 8.74. The summed E-state index contributed by atoms with van der Waals surface area (Å²) in [6, 6.07) is 2.21. The highest BCUT2D eigenvalue weighted by Crippen LogP contribution is 2.51. The number of fused-ring (bicyclic) bond motifs is 1. The number of hydrogen-bond acceptors (Lipinski definition) is 5. The average molecular weight is 384 g/mol. The second kappa shape index (κ2) is 6.32. The topological polar surface area (TPSA) is 70.8 Å². The Morgan fingerprint density at radius 1 is 1.35 bits per heavy atom. The fraction of sp³-hybridized carbons (Fsp3) is 0.588. The van der Waals surface area contributed by atoms with Crippen molar-refractivity contribution in [2.24, 2.45) is 11.7 Å². The number of carbonyl (C=O) groups is 1. The van der Waals surface area contributed by atoms with Crippen LogP contribution in [0, 0.1) is 12.8 Å². The lowest BCUT2D eigenvalue weighted by molar-refractivity contribution is -0.129. The van der Waals surface area contributed by atoms with Crippen molar-refractivity contribution in [3.63, 3.8) is 0 Å². The summed E-state index contributed by atoms with van der Waals surface area (Å²) < 4.78 is 18.2. The summed E-state index contributed by atoms with van der Waals surface area (Å²) in [5, 5.41) is 0. The normalized spacial score (nSPS) is 29.4. The van der Waals surface area contributed by atoms with Crippen molar-refractivity contribution in [2.45, 2.75) is 58.0 Å². The van der Waals surface area contributed by atoms with Crippen LogP contribution in [0.5, 0.6) is 11.5 Å². The largest absolute Gasteiger partial charge is 0.463 e. The standard InChI is InChI=1S/C17H22BrNO4/c1-10-11(8-21-9-20)7-14(18)16-15(10)22-17(2,23-16)12-3-5-13(19)6-4-12/h7,9,12-13H,3-6,8,19H2,1-2H3. The van der Waals surface area contributed by atoms with Gasteiger partial charge >= 0.3 is 0 Å². The highest BCUT2D eigenvalue weighted by molar-refractivity contribution is 9.10. The summed E-state index contributed by atoms with van der Waals surface area (Å²) in [7, 11) is 0. The van der Waals surface area contributed by atoms with E-state index in [1.54, 1.807) is 0 Å². The van der Waals surface area contributed by atoms with Gasteiger partial charge in [-0.3, -0.25) is 4.79 Å². The quantitative estimate of drug-likeness (QED) is 0.806. The van der Waals surface area contributed by atoms with Gasteiger partial charge in [-0.1, -0.05) is 0 Å². The van der Waals surface area contributed by atoms with Gasteiger partial charge in [0.05, 0.1) is 4.47 Å². The molecule has 2 aliphatic rings. The fourth-order valence-corrected chi connectivity index (χ4v) is 4.02. The van der Waals surface area contributed by atoms with Crippen LogP contribution in [-0.2, 0) is 16.1 Å². The Balaban J connectivity index is 1.86. The molecule has 1 aromatic rings. The number of hydrogen-bond donors (Lipinski definition) is 1. The van der Waals surface area contributed by atoms with Gasteiger partial charge in [0.1, 0.15) is 6.61 Å². The molecule has 0 aromatic heterocycles. The van der Waals surface area contributed by atoms with Crippen LogP contribution in [0.25, 0.3) is 0 Å². The number of halogens is 1. The Bertz CT molecular complexity index is 613. The summed E-state index contributed by atoms with van der Waals surface area (Å²) in [5.41, 5.74) is 7.86. The Kier molecular flexibility index (Phi) is 4.56. The van der Waals surface area contributed by atoms with Crippen LogP contribution in [0.2, 0.25) is 0 Å². The number of benzene rings is 1. The van der Waals surface area contributed by atoms with E-state index in [-0.39, 0.29) is 6.61 Å². The van der Waals surface area contributed by atoms with Gasteiger partial charge in [-0.2, -0.15) is 0 Å². The Hall–Kier alpha value is -1.27. The molecule has 0 radical (unpaired) electrons. The third kappa shape index (κ3) is 3.06. The van der Waals surface area contributed by atoms with E-state index in [2.05, 4.69) is 15.9 Å². The zero-order valence-electron chi connectivity index (χ0n) is 13.4. The summed E-state index contributed by atoms with van der Waals surface area (Å²) in [6.45, 7) is 4.63. The predicted octanol–water partition coefficient (Wildman–Crippen LogP) is 3.44. The molecule has 0 amide bonds. The minimum Gasteiger partial charge on any atom is -0.463 e. The third-order valence-corrected chi connectivity index (χ3v) is 5.57. The molecule has 1 unspecified atom stereocenters. The van der Waals surface area contributed by atoms with Gasteiger partial charge in [-0.25, -0.2) is 0 Å². The third-order valence-electron chi connectivity index (χ3n) is 4.98. The first kappa shape index (κ1) is 16.6. The molecule has 1 aliphatic carbocycles. The maximum Gasteiger partial charge on any atom is 0.293 e. The van der Waals surface area contributed by atoms with Gasteiger partial charge in [0, 0.05) is 24.4 Å². The minimum atomic E-state index is -0.667. The molecule has 5 nitrogen and oxygen atoms in total. The van der Waals surface area contributed by atoms with Crippen LogP contribution < -0.4 is 15.2 Å². The number of nitrogens with two attached hydrogens (primary N) is 1. The zero-order chi connectivity index (χ0) is 16.6. The minimum absolute atomic E-state index is 0.222. The van der Waals surface area contributed by atoms with Crippen LogP contribution in [-0.4, -0.2) is 18.3 Å².